The number of carbonyl (C=O) groups excluding carboxylic acids is 2. The number of esters is 1. The van der Waals surface area contributed by atoms with Crippen LogP contribution in [0.4, 0.5) is 0 Å². The first-order valence-corrected chi connectivity index (χ1v) is 6.83. The summed E-state index contributed by atoms with van der Waals surface area (Å²) >= 11 is 0. The van der Waals surface area contributed by atoms with Gasteiger partial charge in [-0.3, -0.25) is 9.59 Å². The lowest BCUT2D eigenvalue weighted by molar-refractivity contribution is -0.148. The van der Waals surface area contributed by atoms with Gasteiger partial charge in [-0.2, -0.15) is 0 Å². The Hall–Kier alpha value is -1.88. The van der Waals surface area contributed by atoms with Crippen molar-refractivity contribution in [2.45, 2.75) is 19.8 Å². The molecule has 2 N–H and O–H groups in total. The zero-order valence-electron chi connectivity index (χ0n) is 12.0. The molecule has 110 valence electrons. The SMILES string of the molecule is CCN(CC)CCOC(=O)C(C(N)=O)c1ccccc1. The highest BCUT2D eigenvalue weighted by Gasteiger charge is 2.27. The molecule has 0 spiro atoms. The quantitative estimate of drug-likeness (QED) is 0.572. The standard InChI is InChI=1S/C15H22N2O3/c1-3-17(4-2)10-11-20-15(19)13(14(16)18)12-8-6-5-7-9-12/h5-9,13H,3-4,10-11H2,1-2H3,(H2,16,18). The lowest BCUT2D eigenvalue weighted by Crippen LogP contribution is -2.32. The minimum atomic E-state index is -1.03. The first kappa shape index (κ1) is 16.2. The summed E-state index contributed by atoms with van der Waals surface area (Å²) in [6.07, 6.45) is 0. The second-order valence-corrected chi connectivity index (χ2v) is 4.44. The number of ether oxygens (including phenoxy) is 1. The van der Waals surface area contributed by atoms with Gasteiger partial charge >= 0.3 is 5.97 Å². The van der Waals surface area contributed by atoms with Crippen molar-refractivity contribution < 1.29 is 14.3 Å². The molecule has 0 aromatic heterocycles. The molecular weight excluding hydrogens is 256 g/mol. The molecule has 0 saturated heterocycles. The van der Waals surface area contributed by atoms with E-state index in [1.54, 1.807) is 24.3 Å². The summed E-state index contributed by atoms with van der Waals surface area (Å²) in [6, 6.07) is 8.72. The normalized spacial score (nSPS) is 12.2. The highest BCUT2D eigenvalue weighted by Crippen LogP contribution is 2.16. The van der Waals surface area contributed by atoms with Crippen molar-refractivity contribution in [2.24, 2.45) is 5.73 Å². The van der Waals surface area contributed by atoms with Crippen molar-refractivity contribution in [3.05, 3.63) is 35.9 Å². The maximum atomic E-state index is 12.0. The molecule has 1 unspecified atom stereocenters. The van der Waals surface area contributed by atoms with Crippen molar-refractivity contribution in [1.29, 1.82) is 0 Å². The van der Waals surface area contributed by atoms with Crippen LogP contribution in [0.3, 0.4) is 0 Å². The van der Waals surface area contributed by atoms with Crippen LogP contribution in [0.2, 0.25) is 0 Å². The van der Waals surface area contributed by atoms with Crippen LogP contribution >= 0.6 is 0 Å². The second kappa shape index (κ2) is 8.32. The molecule has 1 aromatic carbocycles. The van der Waals surface area contributed by atoms with Gasteiger partial charge in [0.1, 0.15) is 6.61 Å². The summed E-state index contributed by atoms with van der Waals surface area (Å²) in [7, 11) is 0. The van der Waals surface area contributed by atoms with Crippen LogP contribution < -0.4 is 5.73 Å². The number of rotatable bonds is 8. The third-order valence-electron chi connectivity index (χ3n) is 3.20. The minimum Gasteiger partial charge on any atom is -0.463 e. The summed E-state index contributed by atoms with van der Waals surface area (Å²) < 4.78 is 5.17. The van der Waals surface area contributed by atoms with Gasteiger partial charge in [0, 0.05) is 6.54 Å². The fourth-order valence-corrected chi connectivity index (χ4v) is 1.96. The number of nitrogens with zero attached hydrogens (tertiary/aromatic N) is 1. The smallest absolute Gasteiger partial charge is 0.323 e. The summed E-state index contributed by atoms with van der Waals surface area (Å²) in [5, 5.41) is 0. The van der Waals surface area contributed by atoms with E-state index in [9.17, 15) is 9.59 Å². The Morgan fingerprint density at radius 2 is 1.80 bits per heavy atom. The fourth-order valence-electron chi connectivity index (χ4n) is 1.96. The zero-order chi connectivity index (χ0) is 15.0. The predicted molar refractivity (Wildman–Crippen MR) is 77.1 cm³/mol. The highest BCUT2D eigenvalue weighted by molar-refractivity contribution is 6.02. The predicted octanol–water partition coefficient (Wildman–Crippen LogP) is 1.14. The van der Waals surface area contributed by atoms with Gasteiger partial charge in [-0.05, 0) is 18.7 Å². The van der Waals surface area contributed by atoms with E-state index >= 15 is 0 Å². The van der Waals surface area contributed by atoms with E-state index in [-0.39, 0.29) is 6.61 Å². The van der Waals surface area contributed by atoms with E-state index in [4.69, 9.17) is 10.5 Å². The summed E-state index contributed by atoms with van der Waals surface area (Å²) in [5.74, 6) is -2.31. The monoisotopic (exact) mass is 278 g/mol. The molecule has 1 atom stereocenters. The number of nitrogens with two attached hydrogens (primary N) is 1. The molecule has 1 amide bonds. The Morgan fingerprint density at radius 1 is 1.20 bits per heavy atom. The molecule has 1 rings (SSSR count). The average molecular weight is 278 g/mol. The number of primary amides is 1. The van der Waals surface area contributed by atoms with Gasteiger partial charge in [0.25, 0.3) is 0 Å². The number of likely N-dealkylation sites (N-methyl/N-ethyl adjacent to an activating group) is 1. The van der Waals surface area contributed by atoms with E-state index in [0.29, 0.717) is 12.1 Å². The molecule has 1 aromatic rings. The van der Waals surface area contributed by atoms with Gasteiger partial charge in [0.15, 0.2) is 5.92 Å². The summed E-state index contributed by atoms with van der Waals surface area (Å²) in [5.41, 5.74) is 5.87. The number of hydrogen-bond donors (Lipinski definition) is 1. The number of amides is 1. The lowest BCUT2D eigenvalue weighted by Gasteiger charge is -2.19. The molecule has 0 fully saturated rings. The Labute approximate surface area is 119 Å². The van der Waals surface area contributed by atoms with Gasteiger partial charge in [0.05, 0.1) is 0 Å². The van der Waals surface area contributed by atoms with Crippen molar-refractivity contribution in [1.82, 2.24) is 4.90 Å². The number of carbonyl (C=O) groups is 2. The average Bonchev–Trinajstić information content (AvgIpc) is 2.44. The van der Waals surface area contributed by atoms with Crippen molar-refractivity contribution in [3.63, 3.8) is 0 Å². The van der Waals surface area contributed by atoms with Gasteiger partial charge in [0.2, 0.25) is 5.91 Å². The summed E-state index contributed by atoms with van der Waals surface area (Å²) in [6.45, 7) is 6.79. The molecule has 0 saturated carbocycles. The van der Waals surface area contributed by atoms with Crippen LogP contribution in [0.5, 0.6) is 0 Å². The molecule has 5 nitrogen and oxygen atoms in total. The number of hydrogen-bond acceptors (Lipinski definition) is 4. The van der Waals surface area contributed by atoms with Crippen LogP contribution in [-0.2, 0) is 14.3 Å². The largest absolute Gasteiger partial charge is 0.463 e. The van der Waals surface area contributed by atoms with Crippen LogP contribution in [0.15, 0.2) is 30.3 Å². The Balaban J connectivity index is 2.60. The highest BCUT2D eigenvalue weighted by atomic mass is 16.5. The molecule has 0 aliphatic heterocycles. The van der Waals surface area contributed by atoms with Crippen LogP contribution in [-0.4, -0.2) is 43.0 Å². The van der Waals surface area contributed by atoms with Crippen LogP contribution in [0.25, 0.3) is 0 Å². The maximum absolute atomic E-state index is 12.0. The van der Waals surface area contributed by atoms with Crippen molar-refractivity contribution in [3.8, 4) is 0 Å². The first-order chi connectivity index (χ1) is 9.60. The number of benzene rings is 1. The van der Waals surface area contributed by atoms with Crippen LogP contribution in [0.1, 0.15) is 25.3 Å². The van der Waals surface area contributed by atoms with E-state index in [0.717, 1.165) is 13.1 Å². The van der Waals surface area contributed by atoms with E-state index < -0.39 is 17.8 Å². The Bertz CT molecular complexity index is 430. The van der Waals surface area contributed by atoms with E-state index in [2.05, 4.69) is 4.90 Å². The maximum Gasteiger partial charge on any atom is 0.323 e. The first-order valence-electron chi connectivity index (χ1n) is 6.83. The topological polar surface area (TPSA) is 72.6 Å². The van der Waals surface area contributed by atoms with Gasteiger partial charge in [-0.15, -0.1) is 0 Å². The molecule has 5 heteroatoms. The second-order valence-electron chi connectivity index (χ2n) is 4.44. The Kier molecular flexibility index (Phi) is 6.73. The third-order valence-corrected chi connectivity index (χ3v) is 3.20. The van der Waals surface area contributed by atoms with Gasteiger partial charge in [-0.1, -0.05) is 44.2 Å². The van der Waals surface area contributed by atoms with E-state index in [1.165, 1.54) is 0 Å². The van der Waals surface area contributed by atoms with Gasteiger partial charge in [-0.25, -0.2) is 0 Å². The fraction of sp³-hybridized carbons (Fsp3) is 0.467. The van der Waals surface area contributed by atoms with Crippen LogP contribution in [0, 0.1) is 0 Å². The van der Waals surface area contributed by atoms with Crippen molar-refractivity contribution >= 4 is 11.9 Å². The van der Waals surface area contributed by atoms with Crippen molar-refractivity contribution in [2.75, 3.05) is 26.2 Å². The van der Waals surface area contributed by atoms with E-state index in [1.807, 2.05) is 19.9 Å². The molecule has 0 radical (unpaired) electrons. The summed E-state index contributed by atoms with van der Waals surface area (Å²) in [4.78, 5) is 25.6. The molecule has 20 heavy (non-hydrogen) atoms. The van der Waals surface area contributed by atoms with Gasteiger partial charge < -0.3 is 15.4 Å². The molecule has 0 aliphatic rings. The minimum absolute atomic E-state index is 0.261. The Morgan fingerprint density at radius 3 is 2.30 bits per heavy atom. The molecule has 0 bridgehead atoms. The molecular formula is C15H22N2O3. The molecule has 0 aliphatic carbocycles. The molecule has 0 heterocycles. The zero-order valence-corrected chi connectivity index (χ0v) is 12.0. The third kappa shape index (κ3) is 4.66. The lowest BCUT2D eigenvalue weighted by atomic mass is 9.99.